The van der Waals surface area contributed by atoms with E-state index in [9.17, 15) is 0 Å². The Morgan fingerprint density at radius 1 is 0.230 bits per heavy atom. The maximum absolute atomic E-state index is 2.58. The van der Waals surface area contributed by atoms with E-state index in [-0.39, 0.29) is 0 Å². The number of hydrogen-bond donors (Lipinski definition) is 0. The average Bonchev–Trinajstić information content (AvgIpc) is 4.27. The van der Waals surface area contributed by atoms with Crippen LogP contribution in [0, 0.1) is 0 Å². The summed E-state index contributed by atoms with van der Waals surface area (Å²) >= 11 is 0. The molecule has 344 valence electrons. The molecule has 4 aliphatic rings. The molecule has 0 radical (unpaired) electrons. The summed E-state index contributed by atoms with van der Waals surface area (Å²) in [6.45, 7) is 0. The molecule has 0 N–H and O–H groups in total. The van der Waals surface area contributed by atoms with Crippen molar-refractivity contribution in [2.75, 3.05) is 9.80 Å². The summed E-state index contributed by atoms with van der Waals surface area (Å²) < 4.78 is 0. The van der Waals surface area contributed by atoms with E-state index in [1.807, 2.05) is 0 Å². The molecule has 2 spiro atoms. The Morgan fingerprint density at radius 3 is 1.19 bits per heavy atom. The van der Waals surface area contributed by atoms with Gasteiger partial charge in [-0.3, -0.25) is 0 Å². The number of anilines is 6. The Morgan fingerprint density at radius 2 is 0.622 bits per heavy atom. The number of rotatable bonds is 6. The topological polar surface area (TPSA) is 6.48 Å². The van der Waals surface area contributed by atoms with Crippen LogP contribution in [0.25, 0.3) is 55.3 Å². The molecule has 2 heteroatoms. The summed E-state index contributed by atoms with van der Waals surface area (Å²) in [5.74, 6) is 0. The van der Waals surface area contributed by atoms with Crippen LogP contribution < -0.4 is 9.80 Å². The fourth-order valence-corrected chi connectivity index (χ4v) is 14.1. The third-order valence-corrected chi connectivity index (χ3v) is 16.8. The summed E-state index contributed by atoms with van der Waals surface area (Å²) in [6.07, 6.45) is 0. The largest absolute Gasteiger partial charge is 0.310 e. The quantitative estimate of drug-likeness (QED) is 0.164. The van der Waals surface area contributed by atoms with Gasteiger partial charge in [0.25, 0.3) is 0 Å². The molecule has 1 unspecified atom stereocenters. The summed E-state index contributed by atoms with van der Waals surface area (Å²) in [7, 11) is 0. The van der Waals surface area contributed by atoms with Gasteiger partial charge in [0.1, 0.15) is 0 Å². The number of nitrogens with zero attached hydrogens (tertiary/aromatic N) is 2. The monoisotopic (exact) mass is 938 g/mol. The zero-order valence-corrected chi connectivity index (χ0v) is 40.5. The van der Waals surface area contributed by atoms with Crippen molar-refractivity contribution in [1.82, 2.24) is 0 Å². The minimum Gasteiger partial charge on any atom is -0.310 e. The highest BCUT2D eigenvalue weighted by atomic mass is 15.2. The van der Waals surface area contributed by atoms with Gasteiger partial charge in [0.15, 0.2) is 0 Å². The lowest BCUT2D eigenvalue weighted by atomic mass is 9.69. The van der Waals surface area contributed by atoms with Crippen molar-refractivity contribution in [3.05, 3.63) is 324 Å². The molecule has 12 aromatic rings. The smallest absolute Gasteiger partial charge is 0.0747 e. The molecule has 0 saturated carbocycles. The lowest BCUT2D eigenvalue weighted by Gasteiger charge is -2.37. The van der Waals surface area contributed by atoms with E-state index in [0.717, 1.165) is 34.1 Å². The maximum atomic E-state index is 2.58. The lowest BCUT2D eigenvalue weighted by Crippen LogP contribution is -2.28. The van der Waals surface area contributed by atoms with Gasteiger partial charge in [-0.15, -0.1) is 0 Å². The van der Waals surface area contributed by atoms with E-state index in [0.29, 0.717) is 0 Å². The van der Waals surface area contributed by atoms with E-state index >= 15 is 0 Å². The van der Waals surface area contributed by atoms with E-state index in [2.05, 4.69) is 289 Å². The first-order valence-corrected chi connectivity index (χ1v) is 25.8. The number of hydrogen-bond acceptors (Lipinski definition) is 2. The third-order valence-electron chi connectivity index (χ3n) is 16.8. The second-order valence-electron chi connectivity index (χ2n) is 20.2. The third kappa shape index (κ3) is 5.33. The van der Waals surface area contributed by atoms with Crippen LogP contribution in [0.5, 0.6) is 0 Å². The minimum atomic E-state index is -0.691. The second-order valence-corrected chi connectivity index (χ2v) is 20.2. The van der Waals surface area contributed by atoms with Gasteiger partial charge < -0.3 is 9.80 Å². The molecule has 0 aromatic heterocycles. The van der Waals surface area contributed by atoms with Crippen LogP contribution in [0.15, 0.2) is 279 Å². The van der Waals surface area contributed by atoms with Gasteiger partial charge >= 0.3 is 0 Å². The van der Waals surface area contributed by atoms with E-state index in [1.165, 1.54) is 99.8 Å². The Bertz CT molecular complexity index is 4190. The van der Waals surface area contributed by atoms with Gasteiger partial charge in [0.2, 0.25) is 0 Å². The van der Waals surface area contributed by atoms with Crippen LogP contribution in [-0.2, 0) is 10.8 Å². The molecule has 0 amide bonds. The molecule has 0 bridgehead atoms. The molecule has 4 aliphatic carbocycles. The molecular weight excluding hydrogens is 893 g/mol. The average molecular weight is 939 g/mol. The Hall–Kier alpha value is -9.50. The Balaban J connectivity index is 1.01. The molecule has 0 aliphatic heterocycles. The number of fused-ring (bicyclic) bond motifs is 22. The van der Waals surface area contributed by atoms with Crippen LogP contribution in [0.2, 0.25) is 0 Å². The highest BCUT2D eigenvalue weighted by molar-refractivity contribution is 6.11. The molecule has 0 heterocycles. The van der Waals surface area contributed by atoms with Crippen molar-refractivity contribution in [2.45, 2.75) is 10.8 Å². The molecule has 2 nitrogen and oxygen atoms in total. The van der Waals surface area contributed by atoms with Crippen molar-refractivity contribution in [3.8, 4) is 44.5 Å². The zero-order chi connectivity index (χ0) is 48.5. The first-order chi connectivity index (χ1) is 36.7. The molecule has 74 heavy (non-hydrogen) atoms. The summed E-state index contributed by atoms with van der Waals surface area (Å²) in [6, 6.07) is 105. The van der Waals surface area contributed by atoms with Crippen LogP contribution >= 0.6 is 0 Å². The van der Waals surface area contributed by atoms with E-state index in [1.54, 1.807) is 0 Å². The van der Waals surface area contributed by atoms with Crippen LogP contribution in [0.4, 0.5) is 34.1 Å². The van der Waals surface area contributed by atoms with Crippen molar-refractivity contribution < 1.29 is 0 Å². The molecule has 1 atom stereocenters. The minimum absolute atomic E-state index is 0.437. The first kappa shape index (κ1) is 41.2. The Kier molecular flexibility index (Phi) is 8.62. The van der Waals surface area contributed by atoms with Gasteiger partial charge in [-0.25, -0.2) is 0 Å². The standard InChI is InChI=1S/C72H46N2/c1-4-23-48(24-5-1)73(49-25-6-2-7-26-49)52-40-42-58-56-32-14-20-38-64(56)72(67(58)46-52)65-39-21-16-34-59(65)69-53-29-11-10-22-47(53)44-68(70(69)72)74(50-27-8-3-9-28-50)51-41-43-66-60(45-51)57-33-15-19-37-63(57)71(66)61-35-17-12-30-54(61)55-31-13-18-36-62(55)71/h1-46H. The fraction of sp³-hybridized carbons (Fsp3) is 0.0278. The van der Waals surface area contributed by atoms with Crippen molar-refractivity contribution in [2.24, 2.45) is 0 Å². The fourth-order valence-electron chi connectivity index (χ4n) is 14.1. The first-order valence-electron chi connectivity index (χ1n) is 25.8. The van der Waals surface area contributed by atoms with Crippen molar-refractivity contribution in [1.29, 1.82) is 0 Å². The van der Waals surface area contributed by atoms with Gasteiger partial charge in [-0.1, -0.05) is 212 Å². The van der Waals surface area contributed by atoms with Crippen molar-refractivity contribution in [3.63, 3.8) is 0 Å². The summed E-state index contributed by atoms with van der Waals surface area (Å²) in [4.78, 5) is 4.99. The summed E-state index contributed by atoms with van der Waals surface area (Å²) in [5, 5.41) is 2.46. The summed E-state index contributed by atoms with van der Waals surface area (Å²) in [5.41, 5.74) is 26.4. The van der Waals surface area contributed by atoms with E-state index in [4.69, 9.17) is 0 Å². The highest BCUT2D eigenvalue weighted by Gasteiger charge is 2.55. The molecular formula is C72H46N2. The van der Waals surface area contributed by atoms with E-state index < -0.39 is 10.8 Å². The zero-order valence-electron chi connectivity index (χ0n) is 40.5. The van der Waals surface area contributed by atoms with Crippen LogP contribution in [-0.4, -0.2) is 0 Å². The SMILES string of the molecule is c1ccc(N(c2ccccc2)c2ccc3c(c2)C2(c4ccccc4-3)c3ccccc3-c3c2c(N(c2ccccc2)c2ccc4c(c2)-c2ccccc2C42c4ccccc4-c4ccccc42)cc2ccccc32)cc1. The molecule has 12 aromatic carbocycles. The van der Waals surface area contributed by atoms with Crippen LogP contribution in [0.3, 0.4) is 0 Å². The number of para-hydroxylation sites is 3. The highest BCUT2D eigenvalue weighted by Crippen LogP contribution is 2.68. The van der Waals surface area contributed by atoms with Crippen molar-refractivity contribution >= 4 is 44.9 Å². The van der Waals surface area contributed by atoms with Gasteiger partial charge in [0.05, 0.1) is 16.5 Å². The van der Waals surface area contributed by atoms with Gasteiger partial charge in [-0.05, 0) is 161 Å². The molecule has 16 rings (SSSR count). The number of benzene rings is 12. The van der Waals surface area contributed by atoms with Gasteiger partial charge in [0, 0.05) is 34.0 Å². The van der Waals surface area contributed by atoms with Crippen LogP contribution in [0.1, 0.15) is 44.5 Å². The normalized spacial score (nSPS) is 15.2. The maximum Gasteiger partial charge on any atom is 0.0747 e. The predicted octanol–water partition coefficient (Wildman–Crippen LogP) is 18.5. The molecule has 0 fully saturated rings. The molecule has 0 saturated heterocycles. The Labute approximate surface area is 431 Å². The lowest BCUT2D eigenvalue weighted by molar-refractivity contribution is 0.792. The predicted molar refractivity (Wildman–Crippen MR) is 306 cm³/mol. The second kappa shape index (κ2) is 15.5. The van der Waals surface area contributed by atoms with Gasteiger partial charge in [-0.2, -0.15) is 0 Å².